The van der Waals surface area contributed by atoms with Crippen molar-refractivity contribution < 1.29 is 9.13 Å². The van der Waals surface area contributed by atoms with Crippen LogP contribution in [0.25, 0.3) is 0 Å². The largest absolute Gasteiger partial charge is 0.489 e. The molecule has 0 aliphatic carbocycles. The molecule has 0 atom stereocenters. The number of rotatable bonds is 3. The van der Waals surface area contributed by atoms with E-state index in [0.29, 0.717) is 17.9 Å². The van der Waals surface area contributed by atoms with Crippen molar-refractivity contribution in [3.8, 4) is 5.75 Å². The topological polar surface area (TPSA) is 9.23 Å². The maximum atomic E-state index is 13.0. The lowest BCUT2D eigenvalue weighted by atomic mass is 10.2. The number of halogens is 1. The van der Waals surface area contributed by atoms with E-state index in [2.05, 4.69) is 0 Å². The fraction of sp³-hybridized carbons (Fsp3) is 0.143. The van der Waals surface area contributed by atoms with E-state index in [1.807, 2.05) is 30.3 Å². The van der Waals surface area contributed by atoms with Gasteiger partial charge in [-0.2, -0.15) is 0 Å². The summed E-state index contributed by atoms with van der Waals surface area (Å²) in [7, 11) is 0. The molecule has 0 aliphatic rings. The lowest BCUT2D eigenvalue weighted by Crippen LogP contribution is -1.95. The molecule has 0 heterocycles. The molecular formula is C14H13FO. The first-order valence-corrected chi connectivity index (χ1v) is 5.18. The Labute approximate surface area is 94.5 Å². The average Bonchev–Trinajstić information content (AvgIpc) is 2.32. The molecule has 0 bridgehead atoms. The Kier molecular flexibility index (Phi) is 3.20. The molecule has 0 aliphatic heterocycles. The maximum Gasteiger partial charge on any atom is 0.126 e. The summed E-state index contributed by atoms with van der Waals surface area (Å²) < 4.78 is 18.6. The van der Waals surface area contributed by atoms with Gasteiger partial charge in [-0.3, -0.25) is 0 Å². The summed E-state index contributed by atoms with van der Waals surface area (Å²) in [5, 5.41) is 0. The molecular weight excluding hydrogens is 203 g/mol. The molecule has 0 unspecified atom stereocenters. The number of aryl methyl sites for hydroxylation is 1. The lowest BCUT2D eigenvalue weighted by Gasteiger charge is -2.07. The third-order valence-corrected chi connectivity index (χ3v) is 2.38. The van der Waals surface area contributed by atoms with E-state index < -0.39 is 0 Å². The molecule has 0 amide bonds. The summed E-state index contributed by atoms with van der Waals surface area (Å²) in [5.74, 6) is 0.495. The Balaban J connectivity index is 2.03. The molecule has 2 rings (SSSR count). The van der Waals surface area contributed by atoms with Gasteiger partial charge in [0.2, 0.25) is 0 Å². The van der Waals surface area contributed by atoms with Gasteiger partial charge in [-0.1, -0.05) is 30.3 Å². The predicted octanol–water partition coefficient (Wildman–Crippen LogP) is 3.71. The predicted molar refractivity (Wildman–Crippen MR) is 61.9 cm³/mol. The highest BCUT2D eigenvalue weighted by Gasteiger charge is 2.00. The minimum absolute atomic E-state index is 0.202. The highest BCUT2D eigenvalue weighted by atomic mass is 19.1. The molecule has 2 aromatic rings. The third kappa shape index (κ3) is 2.60. The molecule has 1 nitrogen and oxygen atoms in total. The van der Waals surface area contributed by atoms with Crippen LogP contribution in [0.5, 0.6) is 5.75 Å². The highest BCUT2D eigenvalue weighted by molar-refractivity contribution is 5.29. The summed E-state index contributed by atoms with van der Waals surface area (Å²) in [4.78, 5) is 0. The second-order valence-corrected chi connectivity index (χ2v) is 3.69. The third-order valence-electron chi connectivity index (χ3n) is 2.38. The van der Waals surface area contributed by atoms with Crippen LogP contribution in [0.15, 0.2) is 48.5 Å². The van der Waals surface area contributed by atoms with Gasteiger partial charge in [0.15, 0.2) is 0 Å². The lowest BCUT2D eigenvalue weighted by molar-refractivity contribution is 0.305. The van der Waals surface area contributed by atoms with E-state index in [0.717, 1.165) is 5.56 Å². The summed E-state index contributed by atoms with van der Waals surface area (Å²) >= 11 is 0. The Morgan fingerprint density at radius 1 is 1.06 bits per heavy atom. The Morgan fingerprint density at radius 3 is 2.50 bits per heavy atom. The van der Waals surface area contributed by atoms with Crippen LogP contribution >= 0.6 is 0 Å². The van der Waals surface area contributed by atoms with Gasteiger partial charge in [-0.05, 0) is 36.2 Å². The summed E-state index contributed by atoms with van der Waals surface area (Å²) in [6, 6.07) is 14.7. The van der Waals surface area contributed by atoms with Crippen molar-refractivity contribution in [1.82, 2.24) is 0 Å². The van der Waals surface area contributed by atoms with Gasteiger partial charge in [-0.25, -0.2) is 4.39 Å². The first kappa shape index (κ1) is 10.7. The van der Waals surface area contributed by atoms with E-state index >= 15 is 0 Å². The fourth-order valence-corrected chi connectivity index (χ4v) is 1.45. The zero-order valence-electron chi connectivity index (χ0n) is 9.11. The molecule has 0 aromatic heterocycles. The standard InChI is InChI=1S/C14H13FO/c1-11-9-13(7-8-14(11)15)16-10-12-5-3-2-4-6-12/h2-9H,10H2,1H3. The van der Waals surface area contributed by atoms with Crippen molar-refractivity contribution in [3.05, 3.63) is 65.5 Å². The Bertz CT molecular complexity index is 465. The molecule has 0 radical (unpaired) electrons. The molecule has 2 aromatic carbocycles. The van der Waals surface area contributed by atoms with Gasteiger partial charge in [-0.15, -0.1) is 0 Å². The molecule has 0 saturated heterocycles. The van der Waals surface area contributed by atoms with E-state index in [-0.39, 0.29) is 5.82 Å². The smallest absolute Gasteiger partial charge is 0.126 e. The minimum Gasteiger partial charge on any atom is -0.489 e. The summed E-state index contributed by atoms with van der Waals surface area (Å²) in [5.41, 5.74) is 1.70. The number of benzene rings is 2. The summed E-state index contributed by atoms with van der Waals surface area (Å²) in [6.07, 6.45) is 0. The quantitative estimate of drug-likeness (QED) is 0.759. The molecule has 0 saturated carbocycles. The van der Waals surface area contributed by atoms with Crippen LogP contribution in [0, 0.1) is 12.7 Å². The Hall–Kier alpha value is -1.83. The van der Waals surface area contributed by atoms with Crippen molar-refractivity contribution in [3.63, 3.8) is 0 Å². The van der Waals surface area contributed by atoms with Gasteiger partial charge in [0.1, 0.15) is 18.2 Å². The van der Waals surface area contributed by atoms with Crippen LogP contribution in [0.2, 0.25) is 0 Å². The van der Waals surface area contributed by atoms with Crippen molar-refractivity contribution in [2.45, 2.75) is 13.5 Å². The van der Waals surface area contributed by atoms with E-state index in [4.69, 9.17) is 4.74 Å². The van der Waals surface area contributed by atoms with Crippen LogP contribution in [0.1, 0.15) is 11.1 Å². The van der Waals surface area contributed by atoms with Gasteiger partial charge in [0, 0.05) is 0 Å². The van der Waals surface area contributed by atoms with E-state index in [1.54, 1.807) is 19.1 Å². The van der Waals surface area contributed by atoms with Crippen molar-refractivity contribution in [1.29, 1.82) is 0 Å². The van der Waals surface area contributed by atoms with Crippen LogP contribution in [0.3, 0.4) is 0 Å². The molecule has 0 fully saturated rings. The molecule has 82 valence electrons. The maximum absolute atomic E-state index is 13.0. The molecule has 0 spiro atoms. The number of hydrogen-bond acceptors (Lipinski definition) is 1. The Morgan fingerprint density at radius 2 is 1.81 bits per heavy atom. The number of hydrogen-bond donors (Lipinski definition) is 0. The first-order valence-electron chi connectivity index (χ1n) is 5.18. The average molecular weight is 216 g/mol. The minimum atomic E-state index is -0.202. The van der Waals surface area contributed by atoms with Crippen LogP contribution in [-0.4, -0.2) is 0 Å². The van der Waals surface area contributed by atoms with Crippen molar-refractivity contribution in [2.75, 3.05) is 0 Å². The van der Waals surface area contributed by atoms with Gasteiger partial charge in [0.05, 0.1) is 0 Å². The SMILES string of the molecule is Cc1cc(OCc2ccccc2)ccc1F. The van der Waals surface area contributed by atoms with Crippen molar-refractivity contribution >= 4 is 0 Å². The normalized spacial score (nSPS) is 10.1. The zero-order chi connectivity index (χ0) is 11.4. The van der Waals surface area contributed by atoms with E-state index in [9.17, 15) is 4.39 Å². The molecule has 16 heavy (non-hydrogen) atoms. The van der Waals surface area contributed by atoms with Gasteiger partial charge in [0.25, 0.3) is 0 Å². The summed E-state index contributed by atoms with van der Waals surface area (Å²) in [6.45, 7) is 2.23. The van der Waals surface area contributed by atoms with Crippen LogP contribution < -0.4 is 4.74 Å². The van der Waals surface area contributed by atoms with Crippen molar-refractivity contribution in [2.24, 2.45) is 0 Å². The first-order chi connectivity index (χ1) is 7.75. The second-order valence-electron chi connectivity index (χ2n) is 3.69. The van der Waals surface area contributed by atoms with Crippen LogP contribution in [-0.2, 0) is 6.61 Å². The van der Waals surface area contributed by atoms with Gasteiger partial charge < -0.3 is 4.74 Å². The van der Waals surface area contributed by atoms with E-state index in [1.165, 1.54) is 6.07 Å². The highest BCUT2D eigenvalue weighted by Crippen LogP contribution is 2.17. The second kappa shape index (κ2) is 4.79. The number of ether oxygens (including phenoxy) is 1. The zero-order valence-corrected chi connectivity index (χ0v) is 9.11. The monoisotopic (exact) mass is 216 g/mol. The van der Waals surface area contributed by atoms with Gasteiger partial charge >= 0.3 is 0 Å². The van der Waals surface area contributed by atoms with Crippen LogP contribution in [0.4, 0.5) is 4.39 Å². The molecule has 2 heteroatoms. The fourth-order valence-electron chi connectivity index (χ4n) is 1.45. The molecule has 0 N–H and O–H groups in total.